The highest BCUT2D eigenvalue weighted by atomic mass is 32.1. The van der Waals surface area contributed by atoms with E-state index in [1.165, 1.54) is 25.7 Å². The molecule has 1 saturated heterocycles. The van der Waals surface area contributed by atoms with Crippen LogP contribution in [0.3, 0.4) is 0 Å². The highest BCUT2D eigenvalue weighted by molar-refractivity contribution is 7.13. The van der Waals surface area contributed by atoms with Crippen molar-refractivity contribution in [1.82, 2.24) is 15.0 Å². The molecule has 0 radical (unpaired) electrons. The monoisotopic (exact) mass is 277 g/mol. The van der Waals surface area contributed by atoms with Gasteiger partial charge in [-0.1, -0.05) is 24.6 Å². The van der Waals surface area contributed by atoms with Crippen LogP contribution in [0.25, 0.3) is 10.7 Å². The zero-order valence-corrected chi connectivity index (χ0v) is 12.0. The number of likely N-dealkylation sites (tertiary alicyclic amines) is 1. The van der Waals surface area contributed by atoms with E-state index < -0.39 is 0 Å². The number of hydrogen-bond donors (Lipinski definition) is 0. The Morgan fingerprint density at radius 2 is 2.42 bits per heavy atom. The van der Waals surface area contributed by atoms with Crippen LogP contribution in [0.2, 0.25) is 0 Å². The largest absolute Gasteiger partial charge is 0.338 e. The Morgan fingerprint density at radius 1 is 1.47 bits per heavy atom. The minimum Gasteiger partial charge on any atom is -0.338 e. The van der Waals surface area contributed by atoms with Crippen molar-refractivity contribution in [2.75, 3.05) is 6.54 Å². The van der Waals surface area contributed by atoms with Gasteiger partial charge in [0.15, 0.2) is 0 Å². The van der Waals surface area contributed by atoms with Crippen molar-refractivity contribution in [3.8, 4) is 10.7 Å². The first-order valence-electron chi connectivity index (χ1n) is 6.97. The summed E-state index contributed by atoms with van der Waals surface area (Å²) >= 11 is 1.64. The minimum atomic E-state index is 0.672. The van der Waals surface area contributed by atoms with Crippen molar-refractivity contribution in [3.05, 3.63) is 23.4 Å². The first kappa shape index (κ1) is 12.8. The summed E-state index contributed by atoms with van der Waals surface area (Å²) in [5, 5.41) is 6.10. The molecule has 1 atom stereocenters. The summed E-state index contributed by atoms with van der Waals surface area (Å²) in [5.74, 6) is 1.46. The fourth-order valence-corrected chi connectivity index (χ4v) is 3.38. The molecule has 0 spiro atoms. The van der Waals surface area contributed by atoms with Gasteiger partial charge in [0.1, 0.15) is 0 Å². The van der Waals surface area contributed by atoms with Gasteiger partial charge in [-0.25, -0.2) is 0 Å². The summed E-state index contributed by atoms with van der Waals surface area (Å²) in [5.41, 5.74) is 0. The Balaban J connectivity index is 1.69. The van der Waals surface area contributed by atoms with Gasteiger partial charge in [-0.05, 0) is 37.3 Å². The average molecular weight is 277 g/mol. The van der Waals surface area contributed by atoms with E-state index in [-0.39, 0.29) is 0 Å². The normalized spacial score (nSPS) is 20.8. The summed E-state index contributed by atoms with van der Waals surface area (Å²) in [6, 6.07) is 4.70. The predicted molar refractivity (Wildman–Crippen MR) is 76.0 cm³/mol. The SMILES string of the molecule is CCC1CCCCN1Cc1nc(-c2cccs2)no1. The van der Waals surface area contributed by atoms with E-state index >= 15 is 0 Å². The highest BCUT2D eigenvalue weighted by Gasteiger charge is 2.23. The number of aromatic nitrogens is 2. The summed E-state index contributed by atoms with van der Waals surface area (Å²) in [7, 11) is 0. The second-order valence-electron chi connectivity index (χ2n) is 5.02. The molecule has 0 bridgehead atoms. The van der Waals surface area contributed by atoms with Gasteiger partial charge < -0.3 is 4.52 Å². The predicted octanol–water partition coefficient (Wildman–Crippen LogP) is 3.56. The molecule has 2 aromatic rings. The topological polar surface area (TPSA) is 42.2 Å². The summed E-state index contributed by atoms with van der Waals surface area (Å²) < 4.78 is 5.39. The summed E-state index contributed by atoms with van der Waals surface area (Å²) in [4.78, 5) is 8.06. The van der Waals surface area contributed by atoms with Crippen LogP contribution in [0.1, 0.15) is 38.5 Å². The number of thiophene rings is 1. The van der Waals surface area contributed by atoms with E-state index in [2.05, 4.69) is 22.0 Å². The van der Waals surface area contributed by atoms with E-state index in [1.807, 2.05) is 17.5 Å². The third-order valence-electron chi connectivity index (χ3n) is 3.77. The fraction of sp³-hybridized carbons (Fsp3) is 0.571. The van der Waals surface area contributed by atoms with E-state index in [0.717, 1.165) is 29.7 Å². The van der Waals surface area contributed by atoms with E-state index in [9.17, 15) is 0 Å². The molecule has 102 valence electrons. The zero-order valence-electron chi connectivity index (χ0n) is 11.2. The standard InChI is InChI=1S/C14H19N3OS/c1-2-11-6-3-4-8-17(11)10-13-15-14(16-18-13)12-7-5-9-19-12/h5,7,9,11H,2-4,6,8,10H2,1H3. The molecular weight excluding hydrogens is 258 g/mol. The summed E-state index contributed by atoms with van der Waals surface area (Å²) in [6.45, 7) is 4.19. The number of hydrogen-bond acceptors (Lipinski definition) is 5. The van der Waals surface area contributed by atoms with Gasteiger partial charge >= 0.3 is 0 Å². The van der Waals surface area contributed by atoms with Gasteiger partial charge in [0.25, 0.3) is 0 Å². The maximum absolute atomic E-state index is 5.39. The molecule has 1 fully saturated rings. The van der Waals surface area contributed by atoms with Crippen LogP contribution in [0, 0.1) is 0 Å². The third kappa shape index (κ3) is 2.87. The first-order chi connectivity index (χ1) is 9.36. The van der Waals surface area contributed by atoms with Gasteiger partial charge in [-0.15, -0.1) is 11.3 Å². The number of nitrogens with zero attached hydrogens (tertiary/aromatic N) is 3. The lowest BCUT2D eigenvalue weighted by Gasteiger charge is -2.33. The molecule has 1 unspecified atom stereocenters. The Morgan fingerprint density at radius 3 is 3.21 bits per heavy atom. The fourth-order valence-electron chi connectivity index (χ4n) is 2.73. The third-order valence-corrected chi connectivity index (χ3v) is 4.63. The van der Waals surface area contributed by atoms with Crippen molar-refractivity contribution in [2.45, 2.75) is 45.2 Å². The lowest BCUT2D eigenvalue weighted by Crippen LogP contribution is -2.38. The van der Waals surface area contributed by atoms with Crippen molar-refractivity contribution >= 4 is 11.3 Å². The number of rotatable bonds is 4. The minimum absolute atomic E-state index is 0.672. The summed E-state index contributed by atoms with van der Waals surface area (Å²) in [6.07, 6.45) is 5.12. The molecule has 4 nitrogen and oxygen atoms in total. The van der Waals surface area contributed by atoms with Crippen molar-refractivity contribution in [1.29, 1.82) is 0 Å². The molecule has 0 aliphatic carbocycles. The molecule has 19 heavy (non-hydrogen) atoms. The van der Waals surface area contributed by atoms with Crippen LogP contribution in [0.15, 0.2) is 22.0 Å². The molecule has 0 amide bonds. The van der Waals surface area contributed by atoms with Gasteiger partial charge in [0, 0.05) is 6.04 Å². The highest BCUT2D eigenvalue weighted by Crippen LogP contribution is 2.24. The first-order valence-corrected chi connectivity index (χ1v) is 7.85. The van der Waals surface area contributed by atoms with Crippen LogP contribution in [-0.4, -0.2) is 27.6 Å². The molecule has 1 aliphatic heterocycles. The Hall–Kier alpha value is -1.20. The van der Waals surface area contributed by atoms with Crippen LogP contribution in [-0.2, 0) is 6.54 Å². The zero-order chi connectivity index (χ0) is 13.1. The maximum Gasteiger partial charge on any atom is 0.241 e. The molecule has 3 rings (SSSR count). The van der Waals surface area contributed by atoms with Crippen LogP contribution < -0.4 is 0 Å². The molecular formula is C14H19N3OS. The smallest absolute Gasteiger partial charge is 0.241 e. The van der Waals surface area contributed by atoms with Crippen molar-refractivity contribution in [3.63, 3.8) is 0 Å². The molecule has 2 aromatic heterocycles. The van der Waals surface area contributed by atoms with Crippen LogP contribution in [0.5, 0.6) is 0 Å². The molecule has 3 heterocycles. The molecule has 1 aliphatic rings. The van der Waals surface area contributed by atoms with Gasteiger partial charge in [0.2, 0.25) is 11.7 Å². The van der Waals surface area contributed by atoms with Crippen LogP contribution in [0.4, 0.5) is 0 Å². The Labute approximate surface area is 117 Å². The van der Waals surface area contributed by atoms with E-state index in [0.29, 0.717) is 6.04 Å². The van der Waals surface area contributed by atoms with Crippen molar-refractivity contribution in [2.24, 2.45) is 0 Å². The molecule has 0 aromatic carbocycles. The Kier molecular flexibility index (Phi) is 3.94. The second-order valence-corrected chi connectivity index (χ2v) is 5.97. The molecule has 5 heteroatoms. The average Bonchev–Trinajstić information content (AvgIpc) is 3.09. The van der Waals surface area contributed by atoms with Gasteiger partial charge in [0.05, 0.1) is 11.4 Å². The Bertz CT molecular complexity index is 509. The molecule has 0 saturated carbocycles. The van der Waals surface area contributed by atoms with E-state index in [1.54, 1.807) is 11.3 Å². The van der Waals surface area contributed by atoms with E-state index in [4.69, 9.17) is 4.52 Å². The molecule has 0 N–H and O–H groups in total. The lowest BCUT2D eigenvalue weighted by molar-refractivity contribution is 0.120. The number of piperidine rings is 1. The van der Waals surface area contributed by atoms with Gasteiger partial charge in [-0.3, -0.25) is 4.90 Å². The van der Waals surface area contributed by atoms with Crippen molar-refractivity contribution < 1.29 is 4.52 Å². The quantitative estimate of drug-likeness (QED) is 0.857. The second kappa shape index (κ2) is 5.84. The maximum atomic E-state index is 5.39. The van der Waals surface area contributed by atoms with Crippen LogP contribution >= 0.6 is 11.3 Å². The van der Waals surface area contributed by atoms with Gasteiger partial charge in [-0.2, -0.15) is 4.98 Å². The lowest BCUT2D eigenvalue weighted by atomic mass is 10.0.